The van der Waals surface area contributed by atoms with E-state index in [0.29, 0.717) is 12.1 Å². The second-order valence-corrected chi connectivity index (χ2v) is 5.71. The first-order valence-electron chi connectivity index (χ1n) is 7.31. The number of halogens is 10. The van der Waals surface area contributed by atoms with E-state index < -0.39 is 63.7 Å². The van der Waals surface area contributed by atoms with E-state index in [2.05, 4.69) is 10.1 Å². The first kappa shape index (κ1) is 20.7. The van der Waals surface area contributed by atoms with Gasteiger partial charge in [0, 0.05) is 0 Å². The van der Waals surface area contributed by atoms with Crippen LogP contribution >= 0.6 is 0 Å². The molecule has 0 radical (unpaired) electrons. The Morgan fingerprint density at radius 1 is 0.828 bits per heavy atom. The number of hydrogen-bond acceptors (Lipinski definition) is 3. The number of nitrogens with zero attached hydrogens (tertiary/aromatic N) is 3. The van der Waals surface area contributed by atoms with Crippen molar-refractivity contribution in [3.63, 3.8) is 0 Å². The minimum atomic E-state index is -5.30. The van der Waals surface area contributed by atoms with Gasteiger partial charge in [-0.05, 0) is 24.3 Å². The van der Waals surface area contributed by atoms with E-state index in [9.17, 15) is 43.9 Å². The zero-order chi connectivity index (χ0) is 21.9. The molecule has 0 bridgehead atoms. The van der Waals surface area contributed by atoms with Gasteiger partial charge in [-0.3, -0.25) is 0 Å². The molecule has 0 aliphatic carbocycles. The molecule has 0 saturated carbocycles. The maximum atomic E-state index is 14.1. The minimum Gasteiger partial charge on any atom is -0.383 e. The van der Waals surface area contributed by atoms with Gasteiger partial charge in [0.2, 0.25) is 0 Å². The van der Waals surface area contributed by atoms with Gasteiger partial charge in [0.25, 0.3) is 0 Å². The fraction of sp³-hybridized carbons (Fsp3) is 0.200. The van der Waals surface area contributed by atoms with Gasteiger partial charge in [0.1, 0.15) is 23.0 Å². The smallest absolute Gasteiger partial charge is 0.383 e. The van der Waals surface area contributed by atoms with Crippen molar-refractivity contribution in [2.24, 2.45) is 0 Å². The standard InChI is InChI=1S/C15H6F10N4/c16-7-3-5(13(17,18)19)1-2-8(7)29-11(26)10-6(14(20,21)22)4-9(15(23,24)25)27-12(10)28-29/h1-4H,26H2. The van der Waals surface area contributed by atoms with Gasteiger partial charge < -0.3 is 5.73 Å². The molecule has 0 amide bonds. The highest BCUT2D eigenvalue weighted by Crippen LogP contribution is 2.41. The zero-order valence-corrected chi connectivity index (χ0v) is 13.5. The monoisotopic (exact) mass is 432 g/mol. The quantitative estimate of drug-likeness (QED) is 0.538. The van der Waals surface area contributed by atoms with Crippen LogP contribution in [0.5, 0.6) is 0 Å². The van der Waals surface area contributed by atoms with E-state index in [1.54, 1.807) is 0 Å². The lowest BCUT2D eigenvalue weighted by molar-refractivity contribution is -0.144. The molecule has 0 spiro atoms. The van der Waals surface area contributed by atoms with Crippen molar-refractivity contribution in [2.45, 2.75) is 18.5 Å². The van der Waals surface area contributed by atoms with E-state index in [0.717, 1.165) is 0 Å². The van der Waals surface area contributed by atoms with E-state index in [-0.39, 0.29) is 16.8 Å². The van der Waals surface area contributed by atoms with E-state index in [1.165, 1.54) is 0 Å². The lowest BCUT2D eigenvalue weighted by Crippen LogP contribution is -2.13. The molecule has 14 heteroatoms. The number of anilines is 1. The first-order chi connectivity index (χ1) is 13.1. The van der Waals surface area contributed by atoms with Gasteiger partial charge in [-0.25, -0.2) is 14.1 Å². The minimum absolute atomic E-state index is 0.0420. The molecule has 0 aliphatic rings. The van der Waals surface area contributed by atoms with Crippen molar-refractivity contribution in [1.82, 2.24) is 14.8 Å². The van der Waals surface area contributed by atoms with Crippen molar-refractivity contribution < 1.29 is 43.9 Å². The number of benzene rings is 1. The molecule has 0 atom stereocenters. The number of hydrogen-bond donors (Lipinski definition) is 1. The van der Waals surface area contributed by atoms with Gasteiger partial charge in [-0.1, -0.05) is 0 Å². The average molecular weight is 432 g/mol. The molecule has 0 fully saturated rings. The van der Waals surface area contributed by atoms with Crippen molar-refractivity contribution in [3.05, 3.63) is 46.9 Å². The summed E-state index contributed by atoms with van der Waals surface area (Å²) < 4.78 is 131. The van der Waals surface area contributed by atoms with Crippen LogP contribution in [0, 0.1) is 5.82 Å². The van der Waals surface area contributed by atoms with Crippen LogP contribution in [0.3, 0.4) is 0 Å². The van der Waals surface area contributed by atoms with Gasteiger partial charge in [-0.2, -0.15) is 39.5 Å². The van der Waals surface area contributed by atoms with Crippen molar-refractivity contribution in [2.75, 3.05) is 5.73 Å². The number of alkyl halides is 9. The number of aromatic nitrogens is 3. The van der Waals surface area contributed by atoms with Crippen LogP contribution in [-0.2, 0) is 18.5 Å². The number of nitrogens with two attached hydrogens (primary N) is 1. The molecule has 2 aromatic heterocycles. The molecular formula is C15H6F10N4. The fourth-order valence-corrected chi connectivity index (χ4v) is 2.52. The molecule has 4 nitrogen and oxygen atoms in total. The Hall–Kier alpha value is -3.06. The molecule has 156 valence electrons. The predicted molar refractivity (Wildman–Crippen MR) is 78.2 cm³/mol. The Morgan fingerprint density at radius 2 is 1.45 bits per heavy atom. The number of pyridine rings is 1. The van der Waals surface area contributed by atoms with Gasteiger partial charge in [0.05, 0.1) is 16.5 Å². The van der Waals surface area contributed by atoms with Crippen LogP contribution in [0.25, 0.3) is 16.7 Å². The molecule has 1 aromatic carbocycles. The summed E-state index contributed by atoms with van der Waals surface area (Å²) in [6.45, 7) is 0. The highest BCUT2D eigenvalue weighted by Gasteiger charge is 2.41. The second-order valence-electron chi connectivity index (χ2n) is 5.71. The molecular weight excluding hydrogens is 426 g/mol. The average Bonchev–Trinajstić information content (AvgIpc) is 2.88. The molecule has 0 aliphatic heterocycles. The van der Waals surface area contributed by atoms with Gasteiger partial charge in [-0.15, -0.1) is 5.10 Å². The summed E-state index contributed by atoms with van der Waals surface area (Å²) in [6, 6.07) is 0.690. The maximum absolute atomic E-state index is 14.1. The second kappa shape index (κ2) is 6.22. The summed E-state index contributed by atoms with van der Waals surface area (Å²) in [7, 11) is 0. The lowest BCUT2D eigenvalue weighted by atomic mass is 10.1. The van der Waals surface area contributed by atoms with Crippen LogP contribution in [-0.4, -0.2) is 14.8 Å². The summed E-state index contributed by atoms with van der Waals surface area (Å²) in [4.78, 5) is 2.97. The molecule has 2 heterocycles. The van der Waals surface area contributed by atoms with E-state index in [1.807, 2.05) is 0 Å². The summed E-state index contributed by atoms with van der Waals surface area (Å²) in [5, 5.41) is 2.29. The summed E-state index contributed by atoms with van der Waals surface area (Å²) in [5.41, 5.74) is -1.56. The van der Waals surface area contributed by atoms with Crippen molar-refractivity contribution >= 4 is 16.9 Å². The van der Waals surface area contributed by atoms with Crippen LogP contribution < -0.4 is 5.73 Å². The summed E-state index contributed by atoms with van der Waals surface area (Å²) in [5.74, 6) is -2.52. The summed E-state index contributed by atoms with van der Waals surface area (Å²) in [6.07, 6.45) is -15.5. The largest absolute Gasteiger partial charge is 0.433 e. The van der Waals surface area contributed by atoms with E-state index >= 15 is 0 Å². The fourth-order valence-electron chi connectivity index (χ4n) is 2.52. The molecule has 3 rings (SSSR count). The van der Waals surface area contributed by atoms with Crippen LogP contribution in [0.4, 0.5) is 49.7 Å². The highest BCUT2D eigenvalue weighted by molar-refractivity contribution is 5.91. The summed E-state index contributed by atoms with van der Waals surface area (Å²) >= 11 is 0. The molecule has 29 heavy (non-hydrogen) atoms. The highest BCUT2D eigenvalue weighted by atomic mass is 19.4. The third kappa shape index (κ3) is 3.65. The first-order valence-corrected chi connectivity index (χ1v) is 7.31. The van der Waals surface area contributed by atoms with E-state index in [4.69, 9.17) is 5.73 Å². The van der Waals surface area contributed by atoms with Crippen LogP contribution in [0.1, 0.15) is 16.8 Å². The third-order valence-electron chi connectivity index (χ3n) is 3.78. The number of nitrogen functional groups attached to an aromatic ring is 1. The topological polar surface area (TPSA) is 56.7 Å². The molecule has 0 saturated heterocycles. The SMILES string of the molecule is Nc1c2c(C(F)(F)F)cc(C(F)(F)F)nc2nn1-c1ccc(C(F)(F)F)cc1F. The maximum Gasteiger partial charge on any atom is 0.433 e. The molecule has 3 aromatic rings. The predicted octanol–water partition coefficient (Wildman–Crippen LogP) is 5.20. The third-order valence-corrected chi connectivity index (χ3v) is 3.78. The van der Waals surface area contributed by atoms with Gasteiger partial charge >= 0.3 is 18.5 Å². The Morgan fingerprint density at radius 3 is 1.93 bits per heavy atom. The normalized spacial score (nSPS) is 13.3. The lowest BCUT2D eigenvalue weighted by Gasteiger charge is -2.12. The Balaban J connectivity index is 2.31. The van der Waals surface area contributed by atoms with Crippen molar-refractivity contribution in [3.8, 4) is 5.69 Å². The molecule has 2 N–H and O–H groups in total. The van der Waals surface area contributed by atoms with Gasteiger partial charge in [0.15, 0.2) is 5.65 Å². The van der Waals surface area contributed by atoms with Crippen LogP contribution in [0.15, 0.2) is 24.3 Å². The zero-order valence-electron chi connectivity index (χ0n) is 13.5. The van der Waals surface area contributed by atoms with Crippen molar-refractivity contribution in [1.29, 1.82) is 0 Å². The Bertz CT molecular complexity index is 1090. The number of fused-ring (bicyclic) bond motifs is 1. The Kier molecular flexibility index (Phi) is 4.43. The molecule has 0 unspecified atom stereocenters. The number of rotatable bonds is 1. The van der Waals surface area contributed by atoms with Crippen LogP contribution in [0.2, 0.25) is 0 Å². The Labute approximate surface area is 153 Å².